The molecule has 0 aliphatic rings. The second kappa shape index (κ2) is 4.06. The molecular formula is C11H8ClFN2O. The Morgan fingerprint density at radius 2 is 2.12 bits per heavy atom. The van der Waals surface area contributed by atoms with Gasteiger partial charge in [0.2, 0.25) is 5.95 Å². The molecule has 0 atom stereocenters. The van der Waals surface area contributed by atoms with Gasteiger partial charge in [-0.1, -0.05) is 23.7 Å². The number of ketones is 1. The SMILES string of the molecule is CC(=O)c1cnn(-c2ccccc2Cl)c1F. The highest BCUT2D eigenvalue weighted by atomic mass is 35.5. The molecule has 0 amide bonds. The van der Waals surface area contributed by atoms with Crippen LogP contribution in [0.2, 0.25) is 5.02 Å². The van der Waals surface area contributed by atoms with E-state index in [9.17, 15) is 9.18 Å². The van der Waals surface area contributed by atoms with Gasteiger partial charge >= 0.3 is 0 Å². The molecule has 2 rings (SSSR count). The monoisotopic (exact) mass is 238 g/mol. The standard InChI is InChI=1S/C11H8ClFN2O/c1-7(16)8-6-14-15(11(8)13)10-5-3-2-4-9(10)12/h2-6H,1H3. The zero-order valence-electron chi connectivity index (χ0n) is 8.45. The van der Waals surface area contributed by atoms with Crippen molar-refractivity contribution in [2.24, 2.45) is 0 Å². The van der Waals surface area contributed by atoms with E-state index >= 15 is 0 Å². The molecule has 0 radical (unpaired) electrons. The fraction of sp³-hybridized carbons (Fsp3) is 0.0909. The Kier molecular flexibility index (Phi) is 2.75. The molecule has 0 fully saturated rings. The molecule has 3 nitrogen and oxygen atoms in total. The van der Waals surface area contributed by atoms with Crippen molar-refractivity contribution < 1.29 is 9.18 Å². The summed E-state index contributed by atoms with van der Waals surface area (Å²) in [7, 11) is 0. The molecule has 0 spiro atoms. The Labute approximate surface area is 96.5 Å². The Hall–Kier alpha value is -1.68. The predicted molar refractivity (Wildman–Crippen MR) is 58.5 cm³/mol. The normalized spacial score (nSPS) is 10.4. The fourth-order valence-electron chi connectivity index (χ4n) is 1.36. The summed E-state index contributed by atoms with van der Waals surface area (Å²) in [6.45, 7) is 1.29. The minimum atomic E-state index is -0.694. The van der Waals surface area contributed by atoms with Crippen molar-refractivity contribution in [3.8, 4) is 5.69 Å². The van der Waals surface area contributed by atoms with Crippen molar-refractivity contribution >= 4 is 17.4 Å². The van der Waals surface area contributed by atoms with E-state index in [2.05, 4.69) is 5.10 Å². The van der Waals surface area contributed by atoms with E-state index in [0.29, 0.717) is 10.7 Å². The Morgan fingerprint density at radius 1 is 1.44 bits per heavy atom. The van der Waals surface area contributed by atoms with Gasteiger partial charge < -0.3 is 0 Å². The molecular weight excluding hydrogens is 231 g/mol. The van der Waals surface area contributed by atoms with E-state index in [1.165, 1.54) is 13.1 Å². The van der Waals surface area contributed by atoms with Crippen molar-refractivity contribution in [2.45, 2.75) is 6.92 Å². The highest BCUT2D eigenvalue weighted by Gasteiger charge is 2.16. The van der Waals surface area contributed by atoms with Crippen LogP contribution in [0.5, 0.6) is 0 Å². The fourth-order valence-corrected chi connectivity index (χ4v) is 1.58. The second-order valence-corrected chi connectivity index (χ2v) is 3.68. The molecule has 2 aromatic rings. The van der Waals surface area contributed by atoms with E-state index in [1.807, 2.05) is 0 Å². The van der Waals surface area contributed by atoms with Gasteiger partial charge in [0.1, 0.15) is 0 Å². The highest BCUT2D eigenvalue weighted by Crippen LogP contribution is 2.21. The quantitative estimate of drug-likeness (QED) is 0.754. The first-order valence-corrected chi connectivity index (χ1v) is 4.98. The number of benzene rings is 1. The lowest BCUT2D eigenvalue weighted by atomic mass is 10.2. The van der Waals surface area contributed by atoms with Gasteiger partial charge in [-0.2, -0.15) is 9.49 Å². The summed E-state index contributed by atoms with van der Waals surface area (Å²) in [4.78, 5) is 11.1. The number of hydrogen-bond acceptors (Lipinski definition) is 2. The van der Waals surface area contributed by atoms with E-state index in [0.717, 1.165) is 4.68 Å². The number of hydrogen-bond donors (Lipinski definition) is 0. The Morgan fingerprint density at radius 3 is 2.69 bits per heavy atom. The van der Waals surface area contributed by atoms with Gasteiger partial charge in [0.15, 0.2) is 5.78 Å². The third kappa shape index (κ3) is 1.72. The number of Topliss-reactive ketones (excluding diaryl/α,β-unsaturated/α-hetero) is 1. The van der Waals surface area contributed by atoms with Gasteiger partial charge in [0.25, 0.3) is 0 Å². The van der Waals surface area contributed by atoms with Crippen LogP contribution in [0.25, 0.3) is 5.69 Å². The summed E-state index contributed by atoms with van der Waals surface area (Å²) in [5, 5.41) is 4.18. The number of para-hydroxylation sites is 1. The summed E-state index contributed by atoms with van der Waals surface area (Å²) in [5.74, 6) is -1.06. The maximum Gasteiger partial charge on any atom is 0.227 e. The molecule has 16 heavy (non-hydrogen) atoms. The highest BCUT2D eigenvalue weighted by molar-refractivity contribution is 6.32. The van der Waals surface area contributed by atoms with Crippen molar-refractivity contribution in [2.75, 3.05) is 0 Å². The molecule has 0 aliphatic carbocycles. The molecule has 1 aromatic heterocycles. The first-order valence-electron chi connectivity index (χ1n) is 4.60. The van der Waals surface area contributed by atoms with E-state index in [4.69, 9.17) is 11.6 Å². The third-order valence-electron chi connectivity index (χ3n) is 2.17. The summed E-state index contributed by atoms with van der Waals surface area (Å²) in [6.07, 6.45) is 1.20. The molecule has 5 heteroatoms. The second-order valence-electron chi connectivity index (χ2n) is 3.27. The third-order valence-corrected chi connectivity index (χ3v) is 2.49. The van der Waals surface area contributed by atoms with Crippen LogP contribution in [0.4, 0.5) is 4.39 Å². The molecule has 0 saturated heterocycles. The molecule has 1 aromatic carbocycles. The van der Waals surface area contributed by atoms with Gasteiger partial charge in [-0.3, -0.25) is 4.79 Å². The van der Waals surface area contributed by atoms with Crippen molar-refractivity contribution in [1.82, 2.24) is 9.78 Å². The number of nitrogens with zero attached hydrogens (tertiary/aromatic N) is 2. The van der Waals surface area contributed by atoms with Gasteiger partial charge in [-0.25, -0.2) is 4.68 Å². The maximum absolute atomic E-state index is 13.8. The maximum atomic E-state index is 13.8. The number of halogens is 2. The van der Waals surface area contributed by atoms with Gasteiger partial charge in [0, 0.05) is 0 Å². The molecule has 0 aliphatic heterocycles. The van der Waals surface area contributed by atoms with Crippen molar-refractivity contribution in [3.63, 3.8) is 0 Å². The zero-order valence-corrected chi connectivity index (χ0v) is 9.20. The molecule has 0 N–H and O–H groups in total. The van der Waals surface area contributed by atoms with Gasteiger partial charge in [-0.05, 0) is 19.1 Å². The zero-order chi connectivity index (χ0) is 11.7. The van der Waals surface area contributed by atoms with E-state index in [-0.39, 0.29) is 11.3 Å². The van der Waals surface area contributed by atoms with E-state index < -0.39 is 5.95 Å². The Balaban J connectivity index is 2.58. The molecule has 82 valence electrons. The van der Waals surface area contributed by atoms with E-state index in [1.54, 1.807) is 24.3 Å². The lowest BCUT2D eigenvalue weighted by Crippen LogP contribution is -2.02. The first-order chi connectivity index (χ1) is 7.61. The molecule has 0 unspecified atom stereocenters. The minimum absolute atomic E-state index is 0.0417. The molecule has 1 heterocycles. The van der Waals surface area contributed by atoms with Gasteiger partial charge in [-0.15, -0.1) is 0 Å². The van der Waals surface area contributed by atoms with Gasteiger partial charge in [0.05, 0.1) is 22.5 Å². The van der Waals surface area contributed by atoms with Crippen LogP contribution in [-0.2, 0) is 0 Å². The van der Waals surface area contributed by atoms with Crippen molar-refractivity contribution in [3.05, 3.63) is 47.0 Å². The number of rotatable bonds is 2. The average Bonchev–Trinajstić information content (AvgIpc) is 2.61. The van der Waals surface area contributed by atoms with Crippen molar-refractivity contribution in [1.29, 1.82) is 0 Å². The summed E-state index contributed by atoms with van der Waals surface area (Å²) >= 11 is 5.91. The number of aromatic nitrogens is 2. The van der Waals surface area contributed by atoms with Crippen LogP contribution in [0.15, 0.2) is 30.5 Å². The van der Waals surface area contributed by atoms with Crippen LogP contribution in [0.1, 0.15) is 17.3 Å². The number of carbonyl (C=O) groups is 1. The van der Waals surface area contributed by atoms with Crippen LogP contribution in [0, 0.1) is 5.95 Å². The molecule has 0 bridgehead atoms. The lowest BCUT2D eigenvalue weighted by Gasteiger charge is -2.03. The topological polar surface area (TPSA) is 34.9 Å². The largest absolute Gasteiger partial charge is 0.294 e. The van der Waals surface area contributed by atoms with Crippen LogP contribution in [0.3, 0.4) is 0 Å². The first kappa shape index (κ1) is 10.8. The average molecular weight is 239 g/mol. The minimum Gasteiger partial charge on any atom is -0.294 e. The molecule has 0 saturated carbocycles. The summed E-state index contributed by atoms with van der Waals surface area (Å²) in [6, 6.07) is 6.71. The lowest BCUT2D eigenvalue weighted by molar-refractivity contribution is 0.101. The Bertz CT molecular complexity index is 551. The van der Waals surface area contributed by atoms with Crippen LogP contribution < -0.4 is 0 Å². The smallest absolute Gasteiger partial charge is 0.227 e. The summed E-state index contributed by atoms with van der Waals surface area (Å²) < 4.78 is 14.8. The van der Waals surface area contributed by atoms with Crippen LogP contribution >= 0.6 is 11.6 Å². The number of carbonyl (C=O) groups excluding carboxylic acids is 1. The summed E-state index contributed by atoms with van der Waals surface area (Å²) in [5.41, 5.74) is 0.370. The predicted octanol–water partition coefficient (Wildman–Crippen LogP) is 2.87. The van der Waals surface area contributed by atoms with Crippen LogP contribution in [-0.4, -0.2) is 15.6 Å².